The predicted octanol–water partition coefficient (Wildman–Crippen LogP) is 1.96. The Morgan fingerprint density at radius 1 is 0.781 bits per heavy atom. The lowest BCUT2D eigenvalue weighted by molar-refractivity contribution is -0.136. The van der Waals surface area contributed by atoms with Gasteiger partial charge >= 0.3 is 0 Å². The van der Waals surface area contributed by atoms with Crippen LogP contribution in [0.4, 0.5) is 0 Å². The molecule has 3 fully saturated rings. The van der Waals surface area contributed by atoms with Crippen LogP contribution in [0.15, 0.2) is 29.2 Å². The second-order valence-electron chi connectivity index (χ2n) is 8.85. The maximum atomic E-state index is 12.9. The zero-order chi connectivity index (χ0) is 22.6. The molecule has 3 heterocycles. The summed E-state index contributed by atoms with van der Waals surface area (Å²) in [6, 6.07) is 6.19. The van der Waals surface area contributed by atoms with Gasteiger partial charge in [-0.1, -0.05) is 12.8 Å². The summed E-state index contributed by atoms with van der Waals surface area (Å²) in [7, 11) is -3.57. The van der Waals surface area contributed by atoms with Crippen molar-refractivity contribution in [3.8, 4) is 0 Å². The van der Waals surface area contributed by atoms with E-state index in [4.69, 9.17) is 4.74 Å². The van der Waals surface area contributed by atoms with Gasteiger partial charge in [0.25, 0.3) is 5.91 Å². The largest absolute Gasteiger partial charge is 0.379 e. The summed E-state index contributed by atoms with van der Waals surface area (Å²) in [6.07, 6.45) is 5.93. The molecule has 0 aliphatic carbocycles. The van der Waals surface area contributed by atoms with Gasteiger partial charge in [-0.2, -0.15) is 4.31 Å². The second-order valence-corrected chi connectivity index (χ2v) is 10.8. The number of nitrogens with zero attached hydrogens (tertiary/aromatic N) is 3. The van der Waals surface area contributed by atoms with E-state index in [1.165, 1.54) is 29.3 Å². The van der Waals surface area contributed by atoms with Crippen LogP contribution >= 0.6 is 0 Å². The van der Waals surface area contributed by atoms with Crippen LogP contribution in [-0.4, -0.2) is 86.8 Å². The summed E-state index contributed by atoms with van der Waals surface area (Å²) < 4.78 is 32.2. The summed E-state index contributed by atoms with van der Waals surface area (Å²) in [6.45, 7) is 4.30. The average molecular weight is 464 g/mol. The lowest BCUT2D eigenvalue weighted by Crippen LogP contribution is -2.44. The number of sulfonamides is 1. The molecule has 0 spiro atoms. The second kappa shape index (κ2) is 10.3. The van der Waals surface area contributed by atoms with Gasteiger partial charge in [0, 0.05) is 50.7 Å². The maximum Gasteiger partial charge on any atom is 0.253 e. The molecule has 0 bridgehead atoms. The van der Waals surface area contributed by atoms with Crippen molar-refractivity contribution in [2.45, 2.75) is 43.4 Å². The van der Waals surface area contributed by atoms with Gasteiger partial charge in [0.15, 0.2) is 0 Å². The monoisotopic (exact) mass is 463 g/mol. The molecular weight excluding hydrogens is 430 g/mol. The maximum absolute atomic E-state index is 12.9. The third kappa shape index (κ3) is 5.15. The molecular formula is C23H33N3O5S. The summed E-state index contributed by atoms with van der Waals surface area (Å²) >= 11 is 0. The van der Waals surface area contributed by atoms with Gasteiger partial charge in [-0.05, 0) is 49.9 Å². The third-order valence-corrected chi connectivity index (χ3v) is 8.67. The molecule has 9 heteroatoms. The highest BCUT2D eigenvalue weighted by atomic mass is 32.2. The van der Waals surface area contributed by atoms with Crippen LogP contribution in [0.5, 0.6) is 0 Å². The van der Waals surface area contributed by atoms with Crippen molar-refractivity contribution in [2.75, 3.05) is 52.5 Å². The number of likely N-dealkylation sites (tertiary alicyclic amines) is 2. The molecule has 1 aromatic rings. The number of hydrogen-bond donors (Lipinski definition) is 0. The highest BCUT2D eigenvalue weighted by molar-refractivity contribution is 7.89. The van der Waals surface area contributed by atoms with E-state index in [9.17, 15) is 18.0 Å². The molecule has 0 saturated carbocycles. The van der Waals surface area contributed by atoms with Crippen LogP contribution in [0, 0.1) is 5.92 Å². The SMILES string of the molecule is O=C(c1ccc(S(=O)(=O)N2CCOCC2)cc1)N1CCC(C(=O)N2CCCCCC2)CC1. The molecule has 8 nitrogen and oxygen atoms in total. The van der Waals surface area contributed by atoms with Crippen molar-refractivity contribution in [3.05, 3.63) is 29.8 Å². The number of rotatable bonds is 4. The summed E-state index contributed by atoms with van der Waals surface area (Å²) in [5.74, 6) is 0.135. The molecule has 3 aliphatic heterocycles. The molecule has 4 rings (SSSR count). The summed E-state index contributed by atoms with van der Waals surface area (Å²) in [4.78, 5) is 29.8. The summed E-state index contributed by atoms with van der Waals surface area (Å²) in [5, 5.41) is 0. The lowest BCUT2D eigenvalue weighted by Gasteiger charge is -2.34. The van der Waals surface area contributed by atoms with E-state index in [1.54, 1.807) is 17.0 Å². The van der Waals surface area contributed by atoms with Crippen molar-refractivity contribution in [1.29, 1.82) is 0 Å². The fourth-order valence-corrected chi connectivity index (χ4v) is 6.17. The predicted molar refractivity (Wildman–Crippen MR) is 120 cm³/mol. The molecule has 3 aliphatic rings. The van der Waals surface area contributed by atoms with E-state index in [0.29, 0.717) is 57.8 Å². The topological polar surface area (TPSA) is 87.2 Å². The number of benzene rings is 1. The number of carbonyl (C=O) groups excluding carboxylic acids is 2. The standard InChI is InChI=1S/C23H33N3O5S/c27-22(19-5-7-21(8-6-19)32(29,30)26-15-17-31-18-16-26)25-13-9-20(10-14-25)23(28)24-11-3-1-2-4-12-24/h5-8,20H,1-4,9-18H2. The van der Waals surface area contributed by atoms with Gasteiger partial charge < -0.3 is 14.5 Å². The van der Waals surface area contributed by atoms with Crippen LogP contribution in [0.25, 0.3) is 0 Å². The van der Waals surface area contributed by atoms with E-state index < -0.39 is 10.0 Å². The smallest absolute Gasteiger partial charge is 0.253 e. The highest BCUT2D eigenvalue weighted by Crippen LogP contribution is 2.24. The van der Waals surface area contributed by atoms with Crippen LogP contribution in [0.1, 0.15) is 48.9 Å². The van der Waals surface area contributed by atoms with Gasteiger partial charge in [-0.3, -0.25) is 9.59 Å². The Bertz CT molecular complexity index is 896. The van der Waals surface area contributed by atoms with Gasteiger partial charge in [0.1, 0.15) is 0 Å². The Labute approximate surface area is 190 Å². The minimum atomic E-state index is -3.57. The van der Waals surface area contributed by atoms with Crippen LogP contribution in [0.2, 0.25) is 0 Å². The molecule has 0 radical (unpaired) electrons. The molecule has 3 saturated heterocycles. The quantitative estimate of drug-likeness (QED) is 0.681. The van der Waals surface area contributed by atoms with Gasteiger partial charge in [0.05, 0.1) is 18.1 Å². The van der Waals surface area contributed by atoms with Crippen molar-refractivity contribution >= 4 is 21.8 Å². The minimum absolute atomic E-state index is 0.00167. The van der Waals surface area contributed by atoms with Crippen molar-refractivity contribution in [3.63, 3.8) is 0 Å². The number of ether oxygens (including phenoxy) is 1. The first-order valence-corrected chi connectivity index (χ1v) is 13.2. The van der Waals surface area contributed by atoms with Gasteiger partial charge in [-0.25, -0.2) is 8.42 Å². The fourth-order valence-electron chi connectivity index (χ4n) is 4.77. The molecule has 176 valence electrons. The zero-order valence-electron chi connectivity index (χ0n) is 18.6. The Morgan fingerprint density at radius 3 is 1.97 bits per heavy atom. The van der Waals surface area contributed by atoms with Gasteiger partial charge in [0.2, 0.25) is 15.9 Å². The van der Waals surface area contributed by atoms with Gasteiger partial charge in [-0.15, -0.1) is 0 Å². The number of morpholine rings is 1. The normalized spacial score (nSPS) is 21.9. The fraction of sp³-hybridized carbons (Fsp3) is 0.652. The lowest BCUT2D eigenvalue weighted by atomic mass is 9.94. The molecule has 0 atom stereocenters. The molecule has 1 aromatic carbocycles. The first-order chi connectivity index (χ1) is 15.5. The van der Waals surface area contributed by atoms with Crippen LogP contribution in [0.3, 0.4) is 0 Å². The molecule has 0 unspecified atom stereocenters. The van der Waals surface area contributed by atoms with Crippen molar-refractivity contribution in [1.82, 2.24) is 14.1 Å². The van der Waals surface area contributed by atoms with E-state index in [0.717, 1.165) is 25.9 Å². The Hall–Kier alpha value is -1.97. The number of hydrogen-bond acceptors (Lipinski definition) is 5. The van der Waals surface area contributed by atoms with Crippen LogP contribution < -0.4 is 0 Å². The summed E-state index contributed by atoms with van der Waals surface area (Å²) in [5.41, 5.74) is 0.475. The van der Waals surface area contributed by atoms with E-state index in [2.05, 4.69) is 0 Å². The van der Waals surface area contributed by atoms with E-state index in [-0.39, 0.29) is 22.6 Å². The molecule has 2 amide bonds. The number of piperidine rings is 1. The average Bonchev–Trinajstić information content (AvgIpc) is 3.13. The zero-order valence-corrected chi connectivity index (χ0v) is 19.4. The molecule has 32 heavy (non-hydrogen) atoms. The molecule has 0 N–H and O–H groups in total. The number of amides is 2. The van der Waals surface area contributed by atoms with Crippen molar-refractivity contribution in [2.24, 2.45) is 5.92 Å². The van der Waals surface area contributed by atoms with Crippen molar-refractivity contribution < 1.29 is 22.7 Å². The Balaban J connectivity index is 1.33. The Morgan fingerprint density at radius 2 is 1.38 bits per heavy atom. The van der Waals surface area contributed by atoms with E-state index >= 15 is 0 Å². The minimum Gasteiger partial charge on any atom is -0.379 e. The van der Waals surface area contributed by atoms with Crippen LogP contribution in [-0.2, 0) is 19.6 Å². The third-order valence-electron chi connectivity index (χ3n) is 6.76. The first-order valence-electron chi connectivity index (χ1n) is 11.7. The highest BCUT2D eigenvalue weighted by Gasteiger charge is 2.31. The van der Waals surface area contributed by atoms with E-state index in [1.807, 2.05) is 4.90 Å². The molecule has 0 aromatic heterocycles. The first kappa shape index (κ1) is 23.2. The number of carbonyl (C=O) groups is 2. The Kier molecular flexibility index (Phi) is 7.48.